The molecule has 0 bridgehead atoms. The van der Waals surface area contributed by atoms with Crippen molar-refractivity contribution in [3.8, 4) is 6.19 Å². The van der Waals surface area contributed by atoms with E-state index in [0.29, 0.717) is 6.04 Å². The van der Waals surface area contributed by atoms with E-state index < -0.39 is 0 Å². The fourth-order valence-electron chi connectivity index (χ4n) is 1.26. The Morgan fingerprint density at radius 2 is 2.30 bits per heavy atom. The number of rotatable bonds is 1. The fourth-order valence-corrected chi connectivity index (χ4v) is 1.26. The number of nitrogens with one attached hydrogen (secondary N) is 1. The van der Waals surface area contributed by atoms with Gasteiger partial charge in [0.05, 0.1) is 12.6 Å². The van der Waals surface area contributed by atoms with Gasteiger partial charge in [-0.2, -0.15) is 0 Å². The molecule has 1 saturated heterocycles. The van der Waals surface area contributed by atoms with E-state index >= 15 is 0 Å². The van der Waals surface area contributed by atoms with Gasteiger partial charge >= 0.3 is 6.19 Å². The summed E-state index contributed by atoms with van der Waals surface area (Å²) < 4.78 is 0. The van der Waals surface area contributed by atoms with E-state index in [1.165, 1.54) is 6.42 Å². The maximum atomic E-state index is 6.89. The quantitative estimate of drug-likeness (QED) is 0.442. The van der Waals surface area contributed by atoms with Gasteiger partial charge in [-0.05, 0) is 14.1 Å². The van der Waals surface area contributed by atoms with Gasteiger partial charge in [0.2, 0.25) is 0 Å². The molecule has 0 aromatic heterocycles. The van der Waals surface area contributed by atoms with Crippen LogP contribution in [0.15, 0.2) is 0 Å². The van der Waals surface area contributed by atoms with Crippen molar-refractivity contribution in [3.63, 3.8) is 0 Å². The summed E-state index contributed by atoms with van der Waals surface area (Å²) in [6, 6.07) is 0.623. The zero-order valence-corrected chi connectivity index (χ0v) is 6.59. The largest absolute Gasteiger partial charge is 0.368 e. The molecule has 10 heavy (non-hydrogen) atoms. The van der Waals surface area contributed by atoms with E-state index in [1.807, 2.05) is 4.90 Å². The smallest absolute Gasteiger partial charge is 0.302 e. The summed E-state index contributed by atoms with van der Waals surface area (Å²) in [7, 11) is 4.16. The van der Waals surface area contributed by atoms with Crippen molar-refractivity contribution < 1.29 is 5.26 Å². The van der Waals surface area contributed by atoms with Crippen LogP contribution in [0.5, 0.6) is 0 Å². The molecule has 1 aliphatic rings. The van der Waals surface area contributed by atoms with Crippen LogP contribution in [0.4, 0.5) is 0 Å². The Morgan fingerprint density at radius 1 is 1.60 bits per heavy atom. The highest BCUT2D eigenvalue weighted by Crippen LogP contribution is 2.10. The molecule has 1 fully saturated rings. The minimum absolute atomic E-state index is 0.623. The van der Waals surface area contributed by atoms with Gasteiger partial charge in [0.25, 0.3) is 0 Å². The standard InChI is InChI=1S/C7H13N3/c1-9(2)7-3-4-10(5-7)6-8/h7H,3-5H2,1-2H3/p+1. The lowest BCUT2D eigenvalue weighted by atomic mass is 10.2. The van der Waals surface area contributed by atoms with Gasteiger partial charge in [-0.25, -0.2) is 10.2 Å². The van der Waals surface area contributed by atoms with Crippen molar-refractivity contribution in [2.24, 2.45) is 0 Å². The van der Waals surface area contributed by atoms with Crippen LogP contribution in [0.25, 0.3) is 0 Å². The number of hydrogen-bond donors (Lipinski definition) is 1. The summed E-state index contributed by atoms with van der Waals surface area (Å²) >= 11 is 0. The number of likely N-dealkylation sites (N-methyl/N-ethyl adjacent to an activating group) is 1. The summed E-state index contributed by atoms with van der Waals surface area (Å²) in [6.45, 7) is 1.96. The van der Waals surface area contributed by atoms with Crippen LogP contribution in [-0.4, -0.2) is 43.0 Å². The van der Waals surface area contributed by atoms with Gasteiger partial charge in [-0.3, -0.25) is 0 Å². The molecule has 0 radical (unpaired) electrons. The summed E-state index contributed by atoms with van der Waals surface area (Å²) in [5.74, 6) is 0. The predicted octanol–water partition coefficient (Wildman–Crippen LogP) is -1.65. The van der Waals surface area contributed by atoms with Crippen LogP contribution in [0.3, 0.4) is 0 Å². The van der Waals surface area contributed by atoms with E-state index in [9.17, 15) is 0 Å². The Hall–Kier alpha value is -0.750. The molecule has 56 valence electrons. The topological polar surface area (TPSA) is 30.3 Å². The SMILES string of the molecule is CN(C)C1CCN(C#[NH+])C1. The molecule has 0 aromatic rings. The lowest BCUT2D eigenvalue weighted by Crippen LogP contribution is -2.33. The van der Waals surface area contributed by atoms with Crippen LogP contribution < -0.4 is 5.26 Å². The van der Waals surface area contributed by atoms with Gasteiger partial charge in [-0.1, -0.05) is 0 Å². The number of hydrogen-bond acceptors (Lipinski definition) is 2. The minimum Gasteiger partial charge on any atom is -0.302 e. The van der Waals surface area contributed by atoms with Crippen LogP contribution in [0.1, 0.15) is 6.42 Å². The summed E-state index contributed by atoms with van der Waals surface area (Å²) in [5, 5.41) is 6.89. The van der Waals surface area contributed by atoms with Gasteiger partial charge in [-0.15, -0.1) is 0 Å². The molecule has 1 N–H and O–H groups in total. The Morgan fingerprint density at radius 3 is 2.60 bits per heavy atom. The predicted molar refractivity (Wildman–Crippen MR) is 38.5 cm³/mol. The van der Waals surface area contributed by atoms with Crippen LogP contribution in [0, 0.1) is 6.19 Å². The van der Waals surface area contributed by atoms with Crippen LogP contribution in [-0.2, 0) is 0 Å². The second-order valence-corrected chi connectivity index (χ2v) is 2.96. The Balaban J connectivity index is 2.37. The summed E-state index contributed by atoms with van der Waals surface area (Å²) in [4.78, 5) is 4.13. The molecule has 3 heteroatoms. The first-order chi connectivity index (χ1) is 4.74. The second kappa shape index (κ2) is 2.89. The molecule has 1 aliphatic heterocycles. The first kappa shape index (κ1) is 7.36. The fraction of sp³-hybridized carbons (Fsp3) is 0.857. The maximum absolute atomic E-state index is 6.89. The average molecular weight is 140 g/mol. The highest BCUT2D eigenvalue weighted by Gasteiger charge is 2.27. The van der Waals surface area contributed by atoms with Crippen molar-refractivity contribution in [1.82, 2.24) is 9.80 Å². The molecule has 1 heterocycles. The van der Waals surface area contributed by atoms with E-state index in [2.05, 4.69) is 25.2 Å². The monoisotopic (exact) mass is 140 g/mol. The van der Waals surface area contributed by atoms with Crippen LogP contribution in [0.2, 0.25) is 0 Å². The van der Waals surface area contributed by atoms with E-state index in [1.54, 1.807) is 0 Å². The molecule has 0 spiro atoms. The van der Waals surface area contributed by atoms with E-state index in [-0.39, 0.29) is 0 Å². The number of nitrogens with zero attached hydrogens (tertiary/aromatic N) is 2. The minimum atomic E-state index is 0.623. The zero-order chi connectivity index (χ0) is 7.56. The first-order valence-electron chi connectivity index (χ1n) is 3.58. The third kappa shape index (κ3) is 1.39. The lowest BCUT2D eigenvalue weighted by molar-refractivity contribution is -0.106. The van der Waals surface area contributed by atoms with Crippen molar-refractivity contribution in [3.05, 3.63) is 0 Å². The third-order valence-corrected chi connectivity index (χ3v) is 2.05. The van der Waals surface area contributed by atoms with Crippen molar-refractivity contribution in [2.75, 3.05) is 27.2 Å². The van der Waals surface area contributed by atoms with E-state index in [4.69, 9.17) is 5.26 Å². The Bertz CT molecular complexity index is 147. The molecule has 1 unspecified atom stereocenters. The normalized spacial score (nSPS) is 25.4. The maximum Gasteiger partial charge on any atom is 0.368 e. The van der Waals surface area contributed by atoms with Crippen molar-refractivity contribution >= 4 is 0 Å². The van der Waals surface area contributed by atoms with Crippen molar-refractivity contribution in [1.29, 1.82) is 0 Å². The molecule has 0 amide bonds. The molecule has 1 rings (SSSR count). The molecular weight excluding hydrogens is 126 g/mol. The molecule has 3 nitrogen and oxygen atoms in total. The van der Waals surface area contributed by atoms with Gasteiger partial charge in [0.15, 0.2) is 0 Å². The third-order valence-electron chi connectivity index (χ3n) is 2.05. The lowest BCUT2D eigenvalue weighted by Gasteiger charge is -2.15. The molecule has 1 atom stereocenters. The average Bonchev–Trinajstić information content (AvgIpc) is 2.34. The summed E-state index contributed by atoms with van der Waals surface area (Å²) in [5.41, 5.74) is 0. The highest BCUT2D eigenvalue weighted by atomic mass is 15.2. The van der Waals surface area contributed by atoms with Crippen molar-refractivity contribution in [2.45, 2.75) is 12.5 Å². The zero-order valence-electron chi connectivity index (χ0n) is 6.59. The van der Waals surface area contributed by atoms with Gasteiger partial charge in [0, 0.05) is 6.42 Å². The highest BCUT2D eigenvalue weighted by molar-refractivity contribution is 4.86. The van der Waals surface area contributed by atoms with Crippen LogP contribution >= 0.6 is 0 Å². The first-order valence-corrected chi connectivity index (χ1v) is 3.58. The molecular formula is C7H14N3+. The van der Waals surface area contributed by atoms with Gasteiger partial charge in [0.1, 0.15) is 6.54 Å². The molecule has 0 aromatic carbocycles. The number of likely N-dealkylation sites (tertiary alicyclic amines) is 1. The Labute approximate surface area is 61.8 Å². The second-order valence-electron chi connectivity index (χ2n) is 2.96. The molecule has 0 aliphatic carbocycles. The summed E-state index contributed by atoms with van der Waals surface area (Å²) in [6.07, 6.45) is 3.57. The van der Waals surface area contributed by atoms with Gasteiger partial charge < -0.3 is 4.90 Å². The Kier molecular flexibility index (Phi) is 2.13. The van der Waals surface area contributed by atoms with E-state index in [0.717, 1.165) is 13.1 Å². The molecule has 0 saturated carbocycles.